The number of hydrogen-bond acceptors (Lipinski definition) is 12. The smallest absolute Gasteiger partial charge is 0.231 e. The summed E-state index contributed by atoms with van der Waals surface area (Å²) < 4.78 is 3.02. The van der Waals surface area contributed by atoms with E-state index in [-0.39, 0.29) is 41.4 Å². The van der Waals surface area contributed by atoms with Crippen LogP contribution in [0.25, 0.3) is 30.6 Å². The van der Waals surface area contributed by atoms with Gasteiger partial charge in [-0.3, -0.25) is 29.1 Å². The fourth-order valence-corrected chi connectivity index (χ4v) is 17.8. The summed E-state index contributed by atoms with van der Waals surface area (Å²) in [4.78, 5) is 68.2. The van der Waals surface area contributed by atoms with Gasteiger partial charge in [-0.15, -0.1) is 0 Å². The zero-order chi connectivity index (χ0) is 51.8. The van der Waals surface area contributed by atoms with Gasteiger partial charge in [0.25, 0.3) is 0 Å². The molecule has 3 aliphatic carbocycles. The van der Waals surface area contributed by atoms with E-state index in [0.29, 0.717) is 70.2 Å². The molecule has 18 heteroatoms. The van der Waals surface area contributed by atoms with E-state index in [1.807, 2.05) is 67.0 Å². The van der Waals surface area contributed by atoms with Crippen molar-refractivity contribution in [3.05, 3.63) is 68.2 Å². The van der Waals surface area contributed by atoms with Crippen LogP contribution in [0.1, 0.15) is 80.9 Å². The molecule has 4 atom stereocenters. The first-order chi connectivity index (χ1) is 36.2. The Labute approximate surface area is 467 Å². The van der Waals surface area contributed by atoms with Gasteiger partial charge in [0.2, 0.25) is 17.7 Å². The van der Waals surface area contributed by atoms with Gasteiger partial charge >= 0.3 is 0 Å². The molecule has 3 amide bonds. The van der Waals surface area contributed by atoms with Crippen LogP contribution in [0.5, 0.6) is 0 Å². The Balaban J connectivity index is 0.767. The number of hydrogen-bond donors (Lipinski definition) is 2. The third kappa shape index (κ3) is 10.7. The van der Waals surface area contributed by atoms with Crippen molar-refractivity contribution in [1.82, 2.24) is 30.5 Å². The maximum Gasteiger partial charge on any atom is 0.231 e. The number of anilines is 3. The third-order valence-electron chi connectivity index (χ3n) is 18.0. The van der Waals surface area contributed by atoms with Crippen molar-refractivity contribution in [2.45, 2.75) is 85.0 Å². The van der Waals surface area contributed by atoms with Crippen molar-refractivity contribution < 1.29 is 14.4 Å². The van der Waals surface area contributed by atoms with Crippen LogP contribution in [0.2, 0.25) is 15.1 Å². The van der Waals surface area contributed by atoms with Crippen LogP contribution in [0.3, 0.4) is 0 Å². The van der Waals surface area contributed by atoms with E-state index in [1.165, 1.54) is 0 Å². The lowest BCUT2D eigenvalue weighted by Gasteiger charge is -2.49. The summed E-state index contributed by atoms with van der Waals surface area (Å²) in [6.45, 7) is 13.7. The number of fused-ring (bicyclic) bond motifs is 3. The van der Waals surface area contributed by atoms with Crippen LogP contribution in [0.4, 0.5) is 15.4 Å². The Hall–Kier alpha value is -3.51. The highest BCUT2D eigenvalue weighted by atomic mass is 35.5. The summed E-state index contributed by atoms with van der Waals surface area (Å²) in [6, 6.07) is 11.8. The minimum absolute atomic E-state index is 0.0653. The van der Waals surface area contributed by atoms with Gasteiger partial charge in [-0.2, -0.15) is 0 Å². The molecular formula is C57H68Cl3N9O3S3. The van der Waals surface area contributed by atoms with Gasteiger partial charge in [0.15, 0.2) is 15.4 Å². The Morgan fingerprint density at radius 2 is 0.987 bits per heavy atom. The Morgan fingerprint density at radius 1 is 0.560 bits per heavy atom. The highest BCUT2D eigenvalue weighted by Crippen LogP contribution is 2.50. The molecule has 6 heterocycles. The van der Waals surface area contributed by atoms with Crippen molar-refractivity contribution in [3.8, 4) is 0 Å². The number of carbonyl (C=O) groups is 3. The summed E-state index contributed by atoms with van der Waals surface area (Å²) in [6.07, 6.45) is 9.24. The van der Waals surface area contributed by atoms with Gasteiger partial charge in [0, 0.05) is 59.0 Å². The third-order valence-corrected chi connectivity index (χ3v) is 21.7. The van der Waals surface area contributed by atoms with E-state index >= 15 is 4.79 Å². The number of halogens is 3. The molecule has 3 aromatic carbocycles. The number of aromatic nitrogens is 3. The lowest BCUT2D eigenvalue weighted by Crippen LogP contribution is -2.54. The summed E-state index contributed by atoms with van der Waals surface area (Å²) in [5, 5.41) is 11.5. The van der Waals surface area contributed by atoms with Gasteiger partial charge < -0.3 is 15.5 Å². The molecule has 3 aromatic heterocycles. The van der Waals surface area contributed by atoms with Gasteiger partial charge in [0.1, 0.15) is 0 Å². The number of thiazole rings is 3. The van der Waals surface area contributed by atoms with Crippen molar-refractivity contribution in [3.63, 3.8) is 0 Å². The number of carbonyl (C=O) groups excluding carboxylic acids is 3. The monoisotopic (exact) mass is 1130 g/mol. The normalized spacial score (nSPS) is 26.6. The number of likely N-dealkylation sites (tertiary alicyclic amines) is 1. The van der Waals surface area contributed by atoms with E-state index in [4.69, 9.17) is 49.8 Å². The average molecular weight is 1130 g/mol. The van der Waals surface area contributed by atoms with E-state index < -0.39 is 0 Å². The summed E-state index contributed by atoms with van der Waals surface area (Å²) in [7, 11) is 2.22. The molecular weight excluding hydrogens is 1060 g/mol. The summed E-state index contributed by atoms with van der Waals surface area (Å²) in [5.41, 5.74) is 5.79. The molecule has 0 bridgehead atoms. The molecule has 6 aliphatic rings. The quantitative estimate of drug-likeness (QED) is 0.110. The van der Waals surface area contributed by atoms with Crippen molar-refractivity contribution in [1.29, 1.82) is 0 Å². The maximum atomic E-state index is 15.4. The first-order valence-corrected chi connectivity index (χ1v) is 31.0. The predicted octanol–water partition coefficient (Wildman–Crippen LogP) is 12.1. The number of benzene rings is 3. The molecule has 4 unspecified atom stereocenters. The Morgan fingerprint density at radius 3 is 1.47 bits per heavy atom. The second-order valence-corrected chi connectivity index (χ2v) is 27.6. The van der Waals surface area contributed by atoms with Gasteiger partial charge in [-0.1, -0.05) is 68.8 Å². The maximum absolute atomic E-state index is 15.4. The SMILES string of the molecule is Cc1cc(Cl)cc2sc(N(CC3CCNCC3)C(=O)C3CC(C4CN(C)CCC4CN(C(=O)C4CC(C5CNCCC5CN(C(=O)C5CC5)c5nc6c(C)cc(Cl)cc6s5)C4)c4nc5c(C)cc(Cl)cc5s4)C3)nc12. The molecule has 6 fully saturated rings. The molecule has 3 saturated carbocycles. The van der Waals surface area contributed by atoms with Crippen LogP contribution in [0.15, 0.2) is 36.4 Å². The van der Waals surface area contributed by atoms with E-state index in [9.17, 15) is 9.59 Å². The van der Waals surface area contributed by atoms with Crippen LogP contribution < -0.4 is 25.3 Å². The van der Waals surface area contributed by atoms with Crippen LogP contribution in [0, 0.1) is 80.0 Å². The zero-order valence-corrected chi connectivity index (χ0v) is 48.1. The predicted molar refractivity (Wildman–Crippen MR) is 309 cm³/mol. The molecule has 3 aliphatic heterocycles. The van der Waals surface area contributed by atoms with Crippen molar-refractivity contribution >= 4 is 133 Å². The zero-order valence-electron chi connectivity index (χ0n) is 43.4. The topological polar surface area (TPSA) is 127 Å². The fourth-order valence-electron chi connectivity index (χ4n) is 13.4. The standard InChI is InChI=1S/C57H68Cl3N9O3S3/c1-30-15-41(58)22-46-49(30)63-55(73-46)67(26-33-7-11-61-12-8-33)53(71)40-20-38(21-40)45-29-66(4)14-10-36(45)28-69(57-65-51-32(3)17-43(60)24-48(51)75-57)54(72)39-18-37(19-39)44-25-62-13-9-35(44)27-68(52(70)34-5-6-34)56-64-50-31(2)16-42(59)23-47(50)74-56/h15-17,22-24,33-40,44-45,61-62H,5-14,18-21,25-29H2,1-4H3. The molecule has 3 saturated heterocycles. The average Bonchev–Trinajstić information content (AvgIpc) is 3.74. The Kier molecular flexibility index (Phi) is 15.0. The first kappa shape index (κ1) is 52.2. The minimum Gasteiger partial charge on any atom is -0.317 e. The van der Waals surface area contributed by atoms with Gasteiger partial charge in [-0.25, -0.2) is 15.0 Å². The first-order valence-electron chi connectivity index (χ1n) is 27.5. The second-order valence-electron chi connectivity index (χ2n) is 23.3. The van der Waals surface area contributed by atoms with E-state index in [1.54, 1.807) is 34.0 Å². The van der Waals surface area contributed by atoms with Gasteiger partial charge in [0.05, 0.1) is 30.6 Å². The molecule has 12 nitrogen and oxygen atoms in total. The molecule has 2 N–H and O–H groups in total. The number of nitrogens with one attached hydrogen (secondary N) is 2. The molecule has 75 heavy (non-hydrogen) atoms. The number of piperidine rings is 3. The van der Waals surface area contributed by atoms with Crippen LogP contribution in [-0.2, 0) is 14.4 Å². The lowest BCUT2D eigenvalue weighted by molar-refractivity contribution is -0.128. The lowest BCUT2D eigenvalue weighted by atomic mass is 9.62. The minimum atomic E-state index is -0.112. The van der Waals surface area contributed by atoms with Gasteiger partial charge in [-0.05, 0) is 219 Å². The largest absolute Gasteiger partial charge is 0.317 e. The van der Waals surface area contributed by atoms with E-state index in [0.717, 1.165) is 166 Å². The summed E-state index contributed by atoms with van der Waals surface area (Å²) >= 11 is 24.3. The summed E-state index contributed by atoms with van der Waals surface area (Å²) in [5.74, 6) is 2.82. The van der Waals surface area contributed by atoms with Crippen molar-refractivity contribution in [2.24, 2.45) is 59.2 Å². The van der Waals surface area contributed by atoms with Crippen LogP contribution in [-0.4, -0.2) is 104 Å². The molecule has 0 spiro atoms. The number of aryl methyl sites for hydroxylation is 3. The molecule has 0 radical (unpaired) electrons. The fraction of sp³-hybridized carbons (Fsp3) is 0.579. The number of rotatable bonds is 14. The highest BCUT2D eigenvalue weighted by molar-refractivity contribution is 7.23. The molecule has 6 aromatic rings. The number of nitrogens with zero attached hydrogens (tertiary/aromatic N) is 7. The van der Waals surface area contributed by atoms with Crippen molar-refractivity contribution in [2.75, 3.05) is 80.7 Å². The Bertz CT molecular complexity index is 3140. The van der Waals surface area contributed by atoms with E-state index in [2.05, 4.69) is 27.5 Å². The molecule has 398 valence electrons. The highest BCUT2D eigenvalue weighted by Gasteiger charge is 2.49. The van der Waals surface area contributed by atoms with Crippen LogP contribution >= 0.6 is 68.8 Å². The second kappa shape index (κ2) is 21.6. The number of amides is 3. The molecule has 12 rings (SSSR count).